The SMILES string of the molecule is Cc1cc(C)n(CCCNc2cc(N)ns2)n1. The summed E-state index contributed by atoms with van der Waals surface area (Å²) in [4.78, 5) is 0. The van der Waals surface area contributed by atoms with Crippen LogP contribution in [-0.2, 0) is 6.54 Å². The second kappa shape index (κ2) is 5.18. The van der Waals surface area contributed by atoms with Crippen LogP contribution in [0.3, 0.4) is 0 Å². The fraction of sp³-hybridized carbons (Fsp3) is 0.455. The molecule has 0 fully saturated rings. The van der Waals surface area contributed by atoms with Gasteiger partial charge in [-0.2, -0.15) is 9.47 Å². The summed E-state index contributed by atoms with van der Waals surface area (Å²) in [6.45, 7) is 5.93. The van der Waals surface area contributed by atoms with E-state index >= 15 is 0 Å². The van der Waals surface area contributed by atoms with Crippen molar-refractivity contribution in [2.75, 3.05) is 17.6 Å². The molecule has 0 radical (unpaired) electrons. The number of hydrogen-bond donors (Lipinski definition) is 2. The lowest BCUT2D eigenvalue weighted by atomic mass is 10.4. The highest BCUT2D eigenvalue weighted by atomic mass is 32.1. The number of rotatable bonds is 5. The molecule has 0 aliphatic rings. The van der Waals surface area contributed by atoms with Gasteiger partial charge >= 0.3 is 0 Å². The number of hydrogen-bond acceptors (Lipinski definition) is 5. The number of nitrogens with zero attached hydrogens (tertiary/aromatic N) is 3. The van der Waals surface area contributed by atoms with E-state index in [2.05, 4.69) is 27.8 Å². The normalized spacial score (nSPS) is 10.7. The molecule has 0 aliphatic carbocycles. The lowest BCUT2D eigenvalue weighted by molar-refractivity contribution is 0.574. The predicted octanol–water partition coefficient (Wildman–Crippen LogP) is 2.04. The second-order valence-electron chi connectivity index (χ2n) is 4.05. The zero-order valence-corrected chi connectivity index (χ0v) is 10.9. The number of aryl methyl sites for hydroxylation is 3. The maximum Gasteiger partial charge on any atom is 0.139 e. The third-order valence-corrected chi connectivity index (χ3v) is 3.24. The van der Waals surface area contributed by atoms with Gasteiger partial charge in [0.2, 0.25) is 0 Å². The van der Waals surface area contributed by atoms with Crippen molar-refractivity contribution < 1.29 is 0 Å². The summed E-state index contributed by atoms with van der Waals surface area (Å²) in [7, 11) is 0. The van der Waals surface area contributed by atoms with E-state index in [-0.39, 0.29) is 0 Å². The Morgan fingerprint density at radius 2 is 2.24 bits per heavy atom. The van der Waals surface area contributed by atoms with Crippen molar-refractivity contribution in [3.8, 4) is 0 Å². The zero-order valence-electron chi connectivity index (χ0n) is 10.1. The molecule has 0 saturated carbocycles. The van der Waals surface area contributed by atoms with Gasteiger partial charge < -0.3 is 11.1 Å². The summed E-state index contributed by atoms with van der Waals surface area (Å²) in [6, 6.07) is 3.95. The Morgan fingerprint density at radius 1 is 1.41 bits per heavy atom. The molecule has 0 atom stereocenters. The minimum Gasteiger partial charge on any atom is -0.383 e. The van der Waals surface area contributed by atoms with Crippen LogP contribution in [0, 0.1) is 13.8 Å². The third-order valence-electron chi connectivity index (χ3n) is 2.48. The van der Waals surface area contributed by atoms with Crippen LogP contribution in [0.5, 0.6) is 0 Å². The number of nitrogen functional groups attached to an aromatic ring is 1. The molecule has 5 nitrogen and oxygen atoms in total. The minimum atomic E-state index is 0.580. The van der Waals surface area contributed by atoms with Gasteiger partial charge in [-0.15, -0.1) is 0 Å². The first-order valence-electron chi connectivity index (χ1n) is 5.62. The van der Waals surface area contributed by atoms with Gasteiger partial charge in [0.05, 0.1) is 5.69 Å². The van der Waals surface area contributed by atoms with E-state index in [1.54, 1.807) is 0 Å². The molecular formula is C11H17N5S. The minimum absolute atomic E-state index is 0.580. The van der Waals surface area contributed by atoms with Crippen LogP contribution in [0.25, 0.3) is 0 Å². The highest BCUT2D eigenvalue weighted by molar-refractivity contribution is 7.10. The largest absolute Gasteiger partial charge is 0.383 e. The quantitative estimate of drug-likeness (QED) is 0.798. The molecule has 0 saturated heterocycles. The van der Waals surface area contributed by atoms with Crippen LogP contribution >= 0.6 is 11.5 Å². The molecule has 2 heterocycles. The van der Waals surface area contributed by atoms with Gasteiger partial charge in [0, 0.05) is 24.8 Å². The topological polar surface area (TPSA) is 68.8 Å². The Kier molecular flexibility index (Phi) is 3.63. The molecule has 2 rings (SSSR count). The van der Waals surface area contributed by atoms with Gasteiger partial charge in [-0.1, -0.05) is 0 Å². The van der Waals surface area contributed by atoms with Gasteiger partial charge in [-0.25, -0.2) is 0 Å². The molecule has 17 heavy (non-hydrogen) atoms. The molecule has 0 aliphatic heterocycles. The molecule has 92 valence electrons. The van der Waals surface area contributed by atoms with Crippen LogP contribution in [0.4, 0.5) is 10.8 Å². The molecular weight excluding hydrogens is 234 g/mol. The maximum atomic E-state index is 5.54. The first kappa shape index (κ1) is 11.9. The highest BCUT2D eigenvalue weighted by Gasteiger charge is 2.01. The lowest BCUT2D eigenvalue weighted by Gasteiger charge is -2.05. The summed E-state index contributed by atoms with van der Waals surface area (Å²) < 4.78 is 6.05. The van der Waals surface area contributed by atoms with Crippen molar-refractivity contribution in [1.82, 2.24) is 14.2 Å². The summed E-state index contributed by atoms with van der Waals surface area (Å²) in [5.74, 6) is 0.580. The van der Waals surface area contributed by atoms with Crippen molar-refractivity contribution in [3.63, 3.8) is 0 Å². The molecule has 0 unspecified atom stereocenters. The Bertz CT molecular complexity index is 488. The fourth-order valence-corrected chi connectivity index (χ4v) is 2.31. The first-order valence-corrected chi connectivity index (χ1v) is 6.39. The van der Waals surface area contributed by atoms with Crippen LogP contribution in [0.2, 0.25) is 0 Å². The Hall–Kier alpha value is -1.56. The van der Waals surface area contributed by atoms with Gasteiger partial charge in [0.15, 0.2) is 0 Å². The van der Waals surface area contributed by atoms with Gasteiger partial charge in [0.25, 0.3) is 0 Å². The summed E-state index contributed by atoms with van der Waals surface area (Å²) in [6.07, 6.45) is 1.03. The summed E-state index contributed by atoms with van der Waals surface area (Å²) in [5, 5.41) is 8.74. The van der Waals surface area contributed by atoms with E-state index in [9.17, 15) is 0 Å². The summed E-state index contributed by atoms with van der Waals surface area (Å²) in [5.41, 5.74) is 7.83. The molecule has 0 spiro atoms. The highest BCUT2D eigenvalue weighted by Crippen LogP contribution is 2.17. The lowest BCUT2D eigenvalue weighted by Crippen LogP contribution is -2.08. The molecule has 2 aromatic rings. The summed E-state index contributed by atoms with van der Waals surface area (Å²) >= 11 is 1.39. The monoisotopic (exact) mass is 251 g/mol. The molecule has 0 amide bonds. The average molecular weight is 251 g/mol. The Morgan fingerprint density at radius 3 is 2.82 bits per heavy atom. The van der Waals surface area contributed by atoms with E-state index < -0.39 is 0 Å². The average Bonchev–Trinajstić information content (AvgIpc) is 2.81. The van der Waals surface area contributed by atoms with Crippen molar-refractivity contribution in [1.29, 1.82) is 0 Å². The van der Waals surface area contributed by atoms with Crippen molar-refractivity contribution in [2.45, 2.75) is 26.8 Å². The van der Waals surface area contributed by atoms with Crippen LogP contribution in [-0.4, -0.2) is 20.7 Å². The first-order chi connectivity index (χ1) is 8.15. The molecule has 3 N–H and O–H groups in total. The van der Waals surface area contributed by atoms with Gasteiger partial charge in [-0.3, -0.25) is 4.68 Å². The second-order valence-corrected chi connectivity index (χ2v) is 4.85. The number of aromatic nitrogens is 3. The van der Waals surface area contributed by atoms with E-state index in [4.69, 9.17) is 5.73 Å². The van der Waals surface area contributed by atoms with Crippen LogP contribution in [0.1, 0.15) is 17.8 Å². The fourth-order valence-electron chi connectivity index (χ4n) is 1.71. The molecule has 0 bridgehead atoms. The zero-order chi connectivity index (χ0) is 12.3. The van der Waals surface area contributed by atoms with E-state index in [0.717, 1.165) is 30.2 Å². The number of nitrogens with two attached hydrogens (primary N) is 1. The van der Waals surface area contributed by atoms with Crippen molar-refractivity contribution >= 4 is 22.4 Å². The Labute approximate surface area is 105 Å². The van der Waals surface area contributed by atoms with Gasteiger partial charge in [0.1, 0.15) is 10.8 Å². The van der Waals surface area contributed by atoms with Crippen LogP contribution in [0.15, 0.2) is 12.1 Å². The number of anilines is 2. The van der Waals surface area contributed by atoms with E-state index in [0.29, 0.717) is 5.82 Å². The third kappa shape index (κ3) is 3.20. The van der Waals surface area contributed by atoms with E-state index in [1.807, 2.05) is 17.7 Å². The standard InChI is InChI=1S/C11H17N5S/c1-8-6-9(2)16(14-8)5-3-4-13-11-7-10(12)15-17-11/h6-7,13H,3-5H2,1-2H3,(H2,12,15). The maximum absolute atomic E-state index is 5.54. The Balaban J connectivity index is 1.75. The molecule has 6 heteroatoms. The molecule has 0 aromatic carbocycles. The van der Waals surface area contributed by atoms with E-state index in [1.165, 1.54) is 17.2 Å². The van der Waals surface area contributed by atoms with Crippen LogP contribution < -0.4 is 11.1 Å². The smallest absolute Gasteiger partial charge is 0.139 e. The predicted molar refractivity (Wildman–Crippen MR) is 71.3 cm³/mol. The molecule has 2 aromatic heterocycles. The van der Waals surface area contributed by atoms with Gasteiger partial charge in [-0.05, 0) is 37.9 Å². The number of nitrogens with one attached hydrogen (secondary N) is 1. The van der Waals surface area contributed by atoms with Crippen molar-refractivity contribution in [3.05, 3.63) is 23.5 Å². The van der Waals surface area contributed by atoms with Crippen molar-refractivity contribution in [2.24, 2.45) is 0 Å².